The molecule has 1 atom stereocenters. The molecule has 1 aliphatic carbocycles. The fourth-order valence-electron chi connectivity index (χ4n) is 2.97. The van der Waals surface area contributed by atoms with Gasteiger partial charge in [-0.3, -0.25) is 9.69 Å². The summed E-state index contributed by atoms with van der Waals surface area (Å²) in [7, 11) is 2.00. The minimum Gasteiger partial charge on any atom is -0.338 e. The van der Waals surface area contributed by atoms with Crippen molar-refractivity contribution in [2.45, 2.75) is 58.5 Å². The summed E-state index contributed by atoms with van der Waals surface area (Å²) in [5.74, 6) is 1.31. The van der Waals surface area contributed by atoms with Gasteiger partial charge >= 0.3 is 0 Å². The first kappa shape index (κ1) is 15.9. The van der Waals surface area contributed by atoms with Gasteiger partial charge in [0, 0.05) is 11.7 Å². The molecule has 1 N–H and O–H groups in total. The number of aromatic nitrogens is 3. The van der Waals surface area contributed by atoms with Crippen molar-refractivity contribution in [3.05, 3.63) is 33.6 Å². The van der Waals surface area contributed by atoms with Gasteiger partial charge in [0.15, 0.2) is 0 Å². The Morgan fingerprint density at radius 3 is 3.00 bits per heavy atom. The first-order valence-corrected chi connectivity index (χ1v) is 8.25. The molecule has 0 spiro atoms. The highest BCUT2D eigenvalue weighted by molar-refractivity contribution is 5.55. The van der Waals surface area contributed by atoms with Crippen LogP contribution in [0, 0.1) is 0 Å². The maximum Gasteiger partial charge on any atom is 0.259 e. The molecule has 2 aromatic rings. The molecule has 23 heavy (non-hydrogen) atoms. The number of fused-ring (bicyclic) bond motifs is 1. The van der Waals surface area contributed by atoms with Crippen molar-refractivity contribution < 1.29 is 4.52 Å². The number of nitrogens with one attached hydrogen (secondary N) is 1. The van der Waals surface area contributed by atoms with Crippen LogP contribution in [-0.4, -0.2) is 33.1 Å². The number of pyridine rings is 1. The highest BCUT2D eigenvalue weighted by Gasteiger charge is 2.21. The molecule has 0 bridgehead atoms. The fraction of sp³-hybridized carbons (Fsp3) is 0.588. The van der Waals surface area contributed by atoms with E-state index in [1.807, 2.05) is 13.1 Å². The number of aromatic amines is 1. The summed E-state index contributed by atoms with van der Waals surface area (Å²) in [5.41, 5.74) is 2.62. The average molecular weight is 316 g/mol. The smallest absolute Gasteiger partial charge is 0.259 e. The second-order valence-corrected chi connectivity index (χ2v) is 6.76. The lowest BCUT2D eigenvalue weighted by atomic mass is 9.87. The molecule has 0 radical (unpaired) electrons. The Kier molecular flexibility index (Phi) is 4.35. The molecule has 1 unspecified atom stereocenters. The maximum absolute atomic E-state index is 12.4. The van der Waals surface area contributed by atoms with Gasteiger partial charge in [-0.05, 0) is 57.7 Å². The molecule has 3 rings (SSSR count). The number of rotatable bonds is 4. The molecule has 0 aromatic carbocycles. The van der Waals surface area contributed by atoms with E-state index in [4.69, 9.17) is 4.52 Å². The van der Waals surface area contributed by atoms with Gasteiger partial charge in [-0.15, -0.1) is 0 Å². The van der Waals surface area contributed by atoms with Crippen molar-refractivity contribution in [1.82, 2.24) is 20.0 Å². The Labute approximate surface area is 135 Å². The van der Waals surface area contributed by atoms with Crippen LogP contribution in [0.5, 0.6) is 0 Å². The minimum atomic E-state index is -0.137. The number of aryl methyl sites for hydroxylation is 1. The van der Waals surface area contributed by atoms with Crippen molar-refractivity contribution in [3.63, 3.8) is 0 Å². The molecular formula is C17H24N4O2. The van der Waals surface area contributed by atoms with Gasteiger partial charge in [-0.1, -0.05) is 12.1 Å². The molecule has 0 fully saturated rings. The number of hydrogen-bond acceptors (Lipinski definition) is 5. The van der Waals surface area contributed by atoms with Crippen molar-refractivity contribution in [3.8, 4) is 11.4 Å². The molecule has 2 aromatic heterocycles. The Morgan fingerprint density at radius 2 is 2.26 bits per heavy atom. The van der Waals surface area contributed by atoms with Crippen molar-refractivity contribution >= 4 is 0 Å². The van der Waals surface area contributed by atoms with Crippen LogP contribution >= 0.6 is 0 Å². The zero-order valence-electron chi connectivity index (χ0n) is 14.2. The van der Waals surface area contributed by atoms with Crippen LogP contribution in [0.4, 0.5) is 0 Å². The molecule has 124 valence electrons. The van der Waals surface area contributed by atoms with Gasteiger partial charge in [0.25, 0.3) is 5.56 Å². The second-order valence-electron chi connectivity index (χ2n) is 6.76. The van der Waals surface area contributed by atoms with E-state index in [9.17, 15) is 4.79 Å². The van der Waals surface area contributed by atoms with Gasteiger partial charge < -0.3 is 9.51 Å². The van der Waals surface area contributed by atoms with Crippen LogP contribution in [0.2, 0.25) is 0 Å². The molecule has 6 nitrogen and oxygen atoms in total. The number of nitrogens with zero attached hydrogens (tertiary/aromatic N) is 3. The van der Waals surface area contributed by atoms with Gasteiger partial charge in [0.2, 0.25) is 11.7 Å². The van der Waals surface area contributed by atoms with Crippen LogP contribution < -0.4 is 5.56 Å². The zero-order valence-corrected chi connectivity index (χ0v) is 14.2. The van der Waals surface area contributed by atoms with Gasteiger partial charge in [0.1, 0.15) is 0 Å². The molecule has 0 saturated carbocycles. The number of H-pyrrole nitrogens is 1. The highest BCUT2D eigenvalue weighted by Crippen LogP contribution is 2.30. The Balaban J connectivity index is 1.91. The summed E-state index contributed by atoms with van der Waals surface area (Å²) in [6, 6.07) is 2.32. The van der Waals surface area contributed by atoms with Crippen LogP contribution in [0.15, 0.2) is 15.4 Å². The normalized spacial score (nSPS) is 17.7. The molecule has 0 amide bonds. The van der Waals surface area contributed by atoms with Crippen LogP contribution in [0.1, 0.15) is 56.7 Å². The Morgan fingerprint density at radius 1 is 1.48 bits per heavy atom. The van der Waals surface area contributed by atoms with Crippen molar-refractivity contribution in [2.75, 3.05) is 7.05 Å². The average Bonchev–Trinajstić information content (AvgIpc) is 2.96. The first-order chi connectivity index (χ1) is 11.0. The zero-order chi connectivity index (χ0) is 16.6. The van der Waals surface area contributed by atoms with E-state index < -0.39 is 0 Å². The first-order valence-electron chi connectivity index (χ1n) is 8.25. The summed E-state index contributed by atoms with van der Waals surface area (Å²) >= 11 is 0. The van der Waals surface area contributed by atoms with Crippen molar-refractivity contribution in [2.24, 2.45) is 0 Å². The third-order valence-electron chi connectivity index (χ3n) is 4.71. The SMILES string of the molecule is CC1CCCc2cc(-c3noc(CN(C)C(C)C)n3)c(=O)[nH]c21. The second kappa shape index (κ2) is 6.28. The Hall–Kier alpha value is -1.95. The lowest BCUT2D eigenvalue weighted by molar-refractivity contribution is 0.226. The van der Waals surface area contributed by atoms with E-state index in [0.29, 0.717) is 35.8 Å². The van der Waals surface area contributed by atoms with E-state index in [1.54, 1.807) is 0 Å². The molecule has 0 saturated heterocycles. The van der Waals surface area contributed by atoms with Crippen LogP contribution in [0.25, 0.3) is 11.4 Å². The van der Waals surface area contributed by atoms with Crippen LogP contribution in [0.3, 0.4) is 0 Å². The monoisotopic (exact) mass is 316 g/mol. The van der Waals surface area contributed by atoms with E-state index in [2.05, 4.69) is 40.8 Å². The lowest BCUT2D eigenvalue weighted by Crippen LogP contribution is -2.25. The van der Waals surface area contributed by atoms with E-state index in [-0.39, 0.29) is 5.56 Å². The largest absolute Gasteiger partial charge is 0.338 e. The lowest BCUT2D eigenvalue weighted by Gasteiger charge is -2.21. The fourth-order valence-corrected chi connectivity index (χ4v) is 2.97. The van der Waals surface area contributed by atoms with Gasteiger partial charge in [0.05, 0.1) is 12.1 Å². The molecule has 6 heteroatoms. The summed E-state index contributed by atoms with van der Waals surface area (Å²) in [6.07, 6.45) is 3.26. The summed E-state index contributed by atoms with van der Waals surface area (Å²) in [6.45, 7) is 6.94. The van der Waals surface area contributed by atoms with Gasteiger partial charge in [-0.2, -0.15) is 4.98 Å². The van der Waals surface area contributed by atoms with Gasteiger partial charge in [-0.25, -0.2) is 0 Å². The van der Waals surface area contributed by atoms with E-state index in [1.165, 1.54) is 5.56 Å². The van der Waals surface area contributed by atoms with Crippen LogP contribution in [-0.2, 0) is 13.0 Å². The maximum atomic E-state index is 12.4. The molecule has 0 aliphatic heterocycles. The predicted molar refractivity (Wildman–Crippen MR) is 88.3 cm³/mol. The quantitative estimate of drug-likeness (QED) is 0.938. The Bertz CT molecular complexity index is 747. The van der Waals surface area contributed by atoms with Crippen molar-refractivity contribution in [1.29, 1.82) is 0 Å². The third kappa shape index (κ3) is 3.22. The third-order valence-corrected chi connectivity index (χ3v) is 4.71. The van der Waals surface area contributed by atoms with E-state index >= 15 is 0 Å². The standard InChI is InChI=1S/C17H24N4O2/c1-10(2)21(4)9-14-18-16(20-23-14)13-8-12-7-5-6-11(3)15(12)19-17(13)22/h8,10-11H,5-7,9H2,1-4H3,(H,19,22). The summed E-state index contributed by atoms with van der Waals surface area (Å²) < 4.78 is 5.30. The predicted octanol–water partition coefficient (Wildman–Crippen LogP) is 2.70. The minimum absolute atomic E-state index is 0.137. The number of hydrogen-bond donors (Lipinski definition) is 1. The summed E-state index contributed by atoms with van der Waals surface area (Å²) in [4.78, 5) is 21.9. The van der Waals surface area contributed by atoms with E-state index in [0.717, 1.165) is 25.0 Å². The summed E-state index contributed by atoms with van der Waals surface area (Å²) in [5, 5.41) is 3.99. The molecule has 1 aliphatic rings. The highest BCUT2D eigenvalue weighted by atomic mass is 16.5. The topological polar surface area (TPSA) is 75.0 Å². The molecular weight excluding hydrogens is 292 g/mol. The molecule has 2 heterocycles.